The monoisotopic (exact) mass is 412 g/mol. The highest BCUT2D eigenvalue weighted by atomic mass is 16.5. The summed E-state index contributed by atoms with van der Waals surface area (Å²) in [6, 6.07) is 0. The maximum Gasteiger partial charge on any atom is 0.311 e. The van der Waals surface area contributed by atoms with Crippen molar-refractivity contribution in [1.29, 1.82) is 0 Å². The van der Waals surface area contributed by atoms with Crippen LogP contribution in [0.15, 0.2) is 0 Å². The lowest BCUT2D eigenvalue weighted by molar-refractivity contribution is -0.913. The largest absolute Gasteiger partial charge is 0.466 e. The number of piperidine rings is 2. The average Bonchev–Trinajstić information content (AvgIpc) is 2.71. The zero-order chi connectivity index (χ0) is 21.0. The number of hydrogen-bond donors (Lipinski definition) is 0. The molecule has 0 N–H and O–H groups in total. The highest BCUT2D eigenvalue weighted by Crippen LogP contribution is 2.17. The van der Waals surface area contributed by atoms with Gasteiger partial charge in [0.2, 0.25) is 0 Å². The summed E-state index contributed by atoms with van der Waals surface area (Å²) >= 11 is 0. The second kappa shape index (κ2) is 12.5. The smallest absolute Gasteiger partial charge is 0.311 e. The Morgan fingerprint density at radius 3 is 1.38 bits per heavy atom. The van der Waals surface area contributed by atoms with Crippen LogP contribution < -0.4 is 0 Å². The molecule has 2 rings (SSSR count). The molecule has 2 fully saturated rings. The van der Waals surface area contributed by atoms with E-state index in [1.54, 1.807) is 0 Å². The Morgan fingerprint density at radius 2 is 1.00 bits per heavy atom. The minimum atomic E-state index is -0.0734. The second-order valence-electron chi connectivity index (χ2n) is 9.70. The van der Waals surface area contributed by atoms with Crippen LogP contribution in [0.5, 0.6) is 0 Å². The van der Waals surface area contributed by atoms with Gasteiger partial charge in [-0.15, -0.1) is 0 Å². The van der Waals surface area contributed by atoms with Crippen LogP contribution in [0.4, 0.5) is 0 Å². The molecule has 6 heteroatoms. The highest BCUT2D eigenvalue weighted by Gasteiger charge is 2.26. The van der Waals surface area contributed by atoms with Crippen LogP contribution in [-0.2, 0) is 19.1 Å². The number of ether oxygens (including phenoxy) is 2. The second-order valence-corrected chi connectivity index (χ2v) is 9.70. The van der Waals surface area contributed by atoms with E-state index in [0.29, 0.717) is 26.1 Å². The van der Waals surface area contributed by atoms with Gasteiger partial charge in [0.15, 0.2) is 0 Å². The predicted molar refractivity (Wildman–Crippen MR) is 114 cm³/mol. The van der Waals surface area contributed by atoms with Crippen LogP contribution in [0, 0.1) is 0 Å². The van der Waals surface area contributed by atoms with Crippen molar-refractivity contribution >= 4 is 11.9 Å². The van der Waals surface area contributed by atoms with Gasteiger partial charge in [0, 0.05) is 0 Å². The summed E-state index contributed by atoms with van der Waals surface area (Å²) in [4.78, 5) is 23.9. The van der Waals surface area contributed by atoms with E-state index in [1.165, 1.54) is 64.7 Å². The zero-order valence-electron chi connectivity index (χ0n) is 19.0. The van der Waals surface area contributed by atoms with E-state index in [1.807, 2.05) is 0 Å². The molecule has 0 radical (unpaired) electrons. The SMILES string of the molecule is C[N+]1(CCC(=O)OCCCCCOC(=O)CC[N+]2(C)CCCCC2)CCCCC1. The summed E-state index contributed by atoms with van der Waals surface area (Å²) in [5.74, 6) is -0.147. The highest BCUT2D eigenvalue weighted by molar-refractivity contribution is 5.69. The fourth-order valence-corrected chi connectivity index (χ4v) is 4.62. The molecule has 0 aromatic carbocycles. The van der Waals surface area contributed by atoms with E-state index >= 15 is 0 Å². The lowest BCUT2D eigenvalue weighted by atomic mass is 10.1. The molecule has 0 aliphatic carbocycles. The van der Waals surface area contributed by atoms with E-state index in [2.05, 4.69) is 14.1 Å². The fraction of sp³-hybridized carbons (Fsp3) is 0.913. The Hall–Kier alpha value is -1.14. The van der Waals surface area contributed by atoms with Gasteiger partial charge in [-0.05, 0) is 57.8 Å². The number of nitrogens with zero attached hydrogens (tertiary/aromatic N) is 2. The van der Waals surface area contributed by atoms with Crippen molar-refractivity contribution in [2.24, 2.45) is 0 Å². The summed E-state index contributed by atoms with van der Waals surface area (Å²) in [5.41, 5.74) is 0. The number of carbonyl (C=O) groups is 2. The minimum absolute atomic E-state index is 0.0734. The van der Waals surface area contributed by atoms with Gasteiger partial charge >= 0.3 is 11.9 Å². The molecule has 2 aliphatic rings. The summed E-state index contributed by atoms with van der Waals surface area (Å²) in [6.45, 7) is 7.49. The third-order valence-electron chi connectivity index (χ3n) is 6.82. The summed E-state index contributed by atoms with van der Waals surface area (Å²) in [6.07, 6.45) is 11.4. The van der Waals surface area contributed by atoms with E-state index in [-0.39, 0.29) is 11.9 Å². The molecule has 0 spiro atoms. The number of quaternary nitrogens is 2. The van der Waals surface area contributed by atoms with Gasteiger partial charge in [-0.1, -0.05) is 0 Å². The summed E-state index contributed by atoms with van der Waals surface area (Å²) < 4.78 is 12.8. The molecule has 2 saturated heterocycles. The third-order valence-corrected chi connectivity index (χ3v) is 6.82. The van der Waals surface area contributed by atoms with Crippen molar-refractivity contribution in [2.75, 3.05) is 66.6 Å². The molecule has 0 amide bonds. The molecular weight excluding hydrogens is 368 g/mol. The number of hydrogen-bond acceptors (Lipinski definition) is 4. The van der Waals surface area contributed by atoms with Crippen LogP contribution in [-0.4, -0.2) is 87.5 Å². The zero-order valence-corrected chi connectivity index (χ0v) is 19.0. The Balaban J connectivity index is 1.41. The van der Waals surface area contributed by atoms with Gasteiger partial charge in [0.1, 0.15) is 0 Å². The maximum atomic E-state index is 11.9. The first kappa shape index (κ1) is 24.1. The standard InChI is InChI=1S/C23H44N2O4/c1-24(14-6-3-7-15-24)18-12-22(26)28-20-10-5-11-21-29-23(27)13-19-25(2)16-8-4-9-17-25/h3-21H2,1-2H3/q+2. The van der Waals surface area contributed by atoms with Crippen molar-refractivity contribution in [3.8, 4) is 0 Å². The molecule has 0 atom stereocenters. The molecule has 0 bridgehead atoms. The Bertz CT molecular complexity index is 453. The number of carbonyl (C=O) groups excluding carboxylic acids is 2. The number of unbranched alkanes of at least 4 members (excludes halogenated alkanes) is 2. The normalized spacial score (nSPS) is 20.8. The van der Waals surface area contributed by atoms with Crippen LogP contribution in [0.1, 0.15) is 70.6 Å². The van der Waals surface area contributed by atoms with Gasteiger partial charge in [0.25, 0.3) is 0 Å². The van der Waals surface area contributed by atoms with Crippen molar-refractivity contribution in [2.45, 2.75) is 70.6 Å². The first-order valence-corrected chi connectivity index (χ1v) is 11.9. The van der Waals surface area contributed by atoms with Crippen LogP contribution in [0.25, 0.3) is 0 Å². The summed E-state index contributed by atoms with van der Waals surface area (Å²) in [5, 5.41) is 0. The Labute approximate surface area is 177 Å². The molecule has 0 saturated carbocycles. The molecule has 2 heterocycles. The topological polar surface area (TPSA) is 52.6 Å². The van der Waals surface area contributed by atoms with Gasteiger partial charge < -0.3 is 18.4 Å². The van der Waals surface area contributed by atoms with Crippen molar-refractivity contribution in [1.82, 2.24) is 0 Å². The Morgan fingerprint density at radius 1 is 0.621 bits per heavy atom. The van der Waals surface area contributed by atoms with Gasteiger partial charge in [0.05, 0.1) is 79.4 Å². The molecule has 2 aliphatic heterocycles. The molecular formula is C23H44N2O4+2. The maximum absolute atomic E-state index is 11.9. The van der Waals surface area contributed by atoms with E-state index in [0.717, 1.165) is 41.3 Å². The first-order chi connectivity index (χ1) is 13.9. The first-order valence-electron chi connectivity index (χ1n) is 11.9. The van der Waals surface area contributed by atoms with Gasteiger partial charge in [-0.3, -0.25) is 9.59 Å². The molecule has 168 valence electrons. The molecule has 29 heavy (non-hydrogen) atoms. The third kappa shape index (κ3) is 9.94. The number of likely N-dealkylation sites (tertiary alicyclic amines) is 2. The predicted octanol–water partition coefficient (Wildman–Crippen LogP) is 3.28. The quantitative estimate of drug-likeness (QED) is 0.280. The van der Waals surface area contributed by atoms with Crippen LogP contribution in [0.2, 0.25) is 0 Å². The van der Waals surface area contributed by atoms with E-state index in [9.17, 15) is 9.59 Å². The molecule has 6 nitrogen and oxygen atoms in total. The number of esters is 2. The van der Waals surface area contributed by atoms with Crippen molar-refractivity contribution < 1.29 is 28.0 Å². The lowest BCUT2D eigenvalue weighted by Gasteiger charge is -2.37. The van der Waals surface area contributed by atoms with E-state index in [4.69, 9.17) is 9.47 Å². The molecule has 0 aromatic rings. The minimum Gasteiger partial charge on any atom is -0.466 e. The number of rotatable bonds is 12. The van der Waals surface area contributed by atoms with Crippen molar-refractivity contribution in [3.63, 3.8) is 0 Å². The Kier molecular flexibility index (Phi) is 10.4. The summed E-state index contributed by atoms with van der Waals surface area (Å²) in [7, 11) is 4.50. The average molecular weight is 413 g/mol. The fourth-order valence-electron chi connectivity index (χ4n) is 4.62. The van der Waals surface area contributed by atoms with E-state index < -0.39 is 0 Å². The van der Waals surface area contributed by atoms with Crippen LogP contribution in [0.3, 0.4) is 0 Å². The lowest BCUT2D eigenvalue weighted by Crippen LogP contribution is -2.49. The van der Waals surface area contributed by atoms with Crippen LogP contribution >= 0.6 is 0 Å². The molecule has 0 unspecified atom stereocenters. The molecule has 0 aromatic heterocycles. The van der Waals surface area contributed by atoms with Gasteiger partial charge in [-0.25, -0.2) is 0 Å². The van der Waals surface area contributed by atoms with Gasteiger partial charge in [-0.2, -0.15) is 0 Å². The van der Waals surface area contributed by atoms with Crippen molar-refractivity contribution in [3.05, 3.63) is 0 Å².